The van der Waals surface area contributed by atoms with Gasteiger partial charge in [0.2, 0.25) is 0 Å². The number of fused-ring (bicyclic) bond motifs is 1. The maximum absolute atomic E-state index is 4.79. The van der Waals surface area contributed by atoms with E-state index in [1.807, 2.05) is 23.3 Å². The minimum absolute atomic E-state index is 0.766. The Morgan fingerprint density at radius 2 is 1.93 bits per heavy atom. The summed E-state index contributed by atoms with van der Waals surface area (Å²) in [7, 11) is 0. The highest BCUT2D eigenvalue weighted by Gasteiger charge is 2.27. The van der Waals surface area contributed by atoms with Gasteiger partial charge in [0.25, 0.3) is 0 Å². The van der Waals surface area contributed by atoms with Crippen LogP contribution in [0.3, 0.4) is 0 Å². The number of anilines is 2. The molecule has 0 spiro atoms. The summed E-state index contributed by atoms with van der Waals surface area (Å²) in [4.78, 5) is 13.5. The van der Waals surface area contributed by atoms with E-state index in [4.69, 9.17) is 5.10 Å². The van der Waals surface area contributed by atoms with Crippen molar-refractivity contribution in [3.8, 4) is 5.69 Å². The number of hydrogen-bond acceptors (Lipinski definition) is 5. The van der Waals surface area contributed by atoms with Crippen molar-refractivity contribution in [3.63, 3.8) is 0 Å². The predicted molar refractivity (Wildman–Crippen MR) is 112 cm³/mol. The van der Waals surface area contributed by atoms with Crippen molar-refractivity contribution in [2.45, 2.75) is 32.7 Å². The van der Waals surface area contributed by atoms with E-state index in [0.717, 1.165) is 54.6 Å². The second-order valence-electron chi connectivity index (χ2n) is 7.45. The van der Waals surface area contributed by atoms with Crippen LogP contribution in [0.2, 0.25) is 0 Å². The molecule has 0 radical (unpaired) electrons. The predicted octanol–water partition coefficient (Wildman–Crippen LogP) is 3.82. The normalized spacial score (nSPS) is 16.1. The van der Waals surface area contributed by atoms with Gasteiger partial charge < -0.3 is 9.80 Å². The van der Waals surface area contributed by atoms with Crippen molar-refractivity contribution >= 4 is 17.2 Å². The standard InChI is InChI=1S/C22H24N6/c1-3-17-10-20(12-23-11-17)27-14-18-15-28(25-22(18)16(27)2)19-6-7-21(24-13-19)26-8-4-5-9-26/h6-7,10-13,15H,2-5,8-9,14H2,1H3. The van der Waals surface area contributed by atoms with Gasteiger partial charge in [0.1, 0.15) is 11.5 Å². The van der Waals surface area contributed by atoms with Gasteiger partial charge in [0.05, 0.1) is 36.0 Å². The van der Waals surface area contributed by atoms with Gasteiger partial charge >= 0.3 is 0 Å². The third-order valence-electron chi connectivity index (χ3n) is 5.64. The first-order valence-corrected chi connectivity index (χ1v) is 9.93. The molecule has 1 saturated heterocycles. The molecule has 28 heavy (non-hydrogen) atoms. The molecule has 1 fully saturated rings. The molecule has 0 unspecified atom stereocenters. The van der Waals surface area contributed by atoms with E-state index in [-0.39, 0.29) is 0 Å². The van der Waals surface area contributed by atoms with E-state index in [2.05, 4.69) is 57.7 Å². The minimum Gasteiger partial charge on any atom is -0.357 e. The lowest BCUT2D eigenvalue weighted by Crippen LogP contribution is -2.18. The fraction of sp³-hybridized carbons (Fsp3) is 0.318. The Balaban J connectivity index is 1.38. The molecule has 5 rings (SSSR count). The molecule has 0 atom stereocenters. The molecule has 3 aromatic heterocycles. The van der Waals surface area contributed by atoms with Crippen molar-refractivity contribution in [2.75, 3.05) is 22.9 Å². The average molecular weight is 372 g/mol. The van der Waals surface area contributed by atoms with Crippen LogP contribution in [0.25, 0.3) is 11.4 Å². The smallest absolute Gasteiger partial charge is 0.128 e. The van der Waals surface area contributed by atoms with E-state index in [1.54, 1.807) is 0 Å². The topological polar surface area (TPSA) is 50.1 Å². The molecule has 3 aromatic rings. The molecule has 2 aliphatic rings. The lowest BCUT2D eigenvalue weighted by molar-refractivity contribution is 0.853. The van der Waals surface area contributed by atoms with E-state index >= 15 is 0 Å². The summed E-state index contributed by atoms with van der Waals surface area (Å²) in [6.45, 7) is 9.40. The highest BCUT2D eigenvalue weighted by molar-refractivity contribution is 5.81. The lowest BCUT2D eigenvalue weighted by Gasteiger charge is -2.20. The van der Waals surface area contributed by atoms with Crippen LogP contribution in [0.15, 0.2) is 49.6 Å². The number of nitrogens with zero attached hydrogens (tertiary/aromatic N) is 6. The Bertz CT molecular complexity index is 1010. The van der Waals surface area contributed by atoms with Gasteiger partial charge in [-0.1, -0.05) is 13.5 Å². The number of aryl methyl sites for hydroxylation is 1. The summed E-state index contributed by atoms with van der Waals surface area (Å²) in [5, 5.41) is 4.79. The Labute approximate surface area is 165 Å². The molecule has 0 bridgehead atoms. The molecule has 6 nitrogen and oxygen atoms in total. The molecule has 0 aliphatic carbocycles. The van der Waals surface area contributed by atoms with Crippen LogP contribution in [-0.4, -0.2) is 32.8 Å². The highest BCUT2D eigenvalue weighted by atomic mass is 15.3. The van der Waals surface area contributed by atoms with Gasteiger partial charge in [-0.15, -0.1) is 0 Å². The monoisotopic (exact) mass is 372 g/mol. The van der Waals surface area contributed by atoms with Gasteiger partial charge in [-0.2, -0.15) is 5.10 Å². The summed E-state index contributed by atoms with van der Waals surface area (Å²) in [6.07, 6.45) is 11.3. The summed E-state index contributed by atoms with van der Waals surface area (Å²) in [6, 6.07) is 6.37. The van der Waals surface area contributed by atoms with Crippen LogP contribution in [0.4, 0.5) is 11.5 Å². The average Bonchev–Trinajstić information content (AvgIpc) is 3.46. The number of rotatable bonds is 4. The maximum atomic E-state index is 4.79. The Hall–Kier alpha value is -3.15. The van der Waals surface area contributed by atoms with Crippen LogP contribution >= 0.6 is 0 Å². The van der Waals surface area contributed by atoms with Gasteiger partial charge in [-0.25, -0.2) is 9.67 Å². The quantitative estimate of drug-likeness (QED) is 0.697. The van der Waals surface area contributed by atoms with Crippen molar-refractivity contribution in [2.24, 2.45) is 0 Å². The summed E-state index contributed by atoms with van der Waals surface area (Å²) in [5.41, 5.74) is 6.33. The molecular formula is C22H24N6. The van der Waals surface area contributed by atoms with Gasteiger partial charge in [-0.3, -0.25) is 4.98 Å². The van der Waals surface area contributed by atoms with E-state index < -0.39 is 0 Å². The summed E-state index contributed by atoms with van der Waals surface area (Å²) < 4.78 is 1.91. The van der Waals surface area contributed by atoms with E-state index in [0.29, 0.717) is 0 Å². The van der Waals surface area contributed by atoms with Crippen LogP contribution in [0.1, 0.15) is 36.6 Å². The number of hydrogen-bond donors (Lipinski definition) is 0. The Kier molecular flexibility index (Phi) is 4.11. The molecule has 2 aliphatic heterocycles. The van der Waals surface area contributed by atoms with Crippen molar-refractivity contribution in [1.29, 1.82) is 0 Å². The third-order valence-corrected chi connectivity index (χ3v) is 5.64. The van der Waals surface area contributed by atoms with Crippen LogP contribution in [-0.2, 0) is 13.0 Å². The highest BCUT2D eigenvalue weighted by Crippen LogP contribution is 2.35. The SMILES string of the molecule is C=C1c2nn(-c3ccc(N4CCCC4)nc3)cc2CN1c1cncc(CC)c1. The Morgan fingerprint density at radius 3 is 2.64 bits per heavy atom. The zero-order valence-corrected chi connectivity index (χ0v) is 16.2. The van der Waals surface area contributed by atoms with Gasteiger partial charge in [0, 0.05) is 31.0 Å². The van der Waals surface area contributed by atoms with Crippen LogP contribution in [0.5, 0.6) is 0 Å². The van der Waals surface area contributed by atoms with Crippen molar-refractivity contribution < 1.29 is 0 Å². The maximum Gasteiger partial charge on any atom is 0.128 e. The minimum atomic E-state index is 0.766. The first kappa shape index (κ1) is 17.0. The molecule has 0 amide bonds. The largest absolute Gasteiger partial charge is 0.357 e. The number of aromatic nitrogens is 4. The molecule has 5 heterocycles. The summed E-state index contributed by atoms with van der Waals surface area (Å²) >= 11 is 0. The van der Waals surface area contributed by atoms with Gasteiger partial charge in [-0.05, 0) is 43.0 Å². The molecular weight excluding hydrogens is 348 g/mol. The second kappa shape index (κ2) is 6.78. The van der Waals surface area contributed by atoms with Crippen LogP contribution < -0.4 is 9.80 Å². The first-order chi connectivity index (χ1) is 13.7. The molecule has 6 heteroatoms. The summed E-state index contributed by atoms with van der Waals surface area (Å²) in [5.74, 6) is 1.06. The zero-order chi connectivity index (χ0) is 19.1. The van der Waals surface area contributed by atoms with E-state index in [1.165, 1.54) is 24.0 Å². The van der Waals surface area contributed by atoms with E-state index in [9.17, 15) is 0 Å². The third kappa shape index (κ3) is 2.85. The van der Waals surface area contributed by atoms with Gasteiger partial charge in [0.15, 0.2) is 0 Å². The molecule has 0 aromatic carbocycles. The second-order valence-corrected chi connectivity index (χ2v) is 7.45. The molecule has 0 N–H and O–H groups in total. The van der Waals surface area contributed by atoms with Crippen molar-refractivity contribution in [3.05, 3.63) is 66.4 Å². The Morgan fingerprint density at radius 1 is 1.07 bits per heavy atom. The number of pyridine rings is 2. The first-order valence-electron chi connectivity index (χ1n) is 9.93. The molecule has 142 valence electrons. The van der Waals surface area contributed by atoms with Crippen LogP contribution in [0, 0.1) is 0 Å². The zero-order valence-electron chi connectivity index (χ0n) is 16.2. The fourth-order valence-corrected chi connectivity index (χ4v) is 4.00. The fourth-order valence-electron chi connectivity index (χ4n) is 4.00. The lowest BCUT2D eigenvalue weighted by atomic mass is 10.2. The molecule has 0 saturated carbocycles. The van der Waals surface area contributed by atoms with Crippen molar-refractivity contribution in [1.82, 2.24) is 19.7 Å².